The Hall–Kier alpha value is -1.80. The van der Waals surface area contributed by atoms with Crippen molar-refractivity contribution < 1.29 is 27.8 Å². The van der Waals surface area contributed by atoms with Gasteiger partial charge >= 0.3 is 6.09 Å². The highest BCUT2D eigenvalue weighted by Crippen LogP contribution is 2.21. The van der Waals surface area contributed by atoms with Crippen LogP contribution in [-0.4, -0.2) is 49.7 Å². The van der Waals surface area contributed by atoms with Gasteiger partial charge in [-0.05, 0) is 52.8 Å². The molecule has 1 atom stereocenters. The first-order valence-corrected chi connectivity index (χ1v) is 9.58. The van der Waals surface area contributed by atoms with Crippen LogP contribution >= 0.6 is 0 Å². The van der Waals surface area contributed by atoms with Gasteiger partial charge in [0.1, 0.15) is 24.1 Å². The Bertz CT molecular complexity index is 679. The number of carbonyl (C=O) groups is 1. The largest absolute Gasteiger partial charge is 0.491 e. The second kappa shape index (κ2) is 8.53. The number of carbonyl (C=O) groups excluding carboxylic acids is 1. The van der Waals surface area contributed by atoms with Gasteiger partial charge in [0, 0.05) is 0 Å². The van der Waals surface area contributed by atoms with Crippen LogP contribution in [0.5, 0.6) is 5.75 Å². The number of alkyl carbamates (subject to hydrolysis) is 1. The molecule has 7 nitrogen and oxygen atoms in total. The summed E-state index contributed by atoms with van der Waals surface area (Å²) in [6.45, 7) is 8.29. The Balaban J connectivity index is 2.54. The maximum atomic E-state index is 12.1. The average molecular weight is 373 g/mol. The number of rotatable bonds is 7. The number of hydrogen-bond donors (Lipinski definition) is 2. The number of sulfone groups is 1. The molecule has 0 spiro atoms. The fourth-order valence-electron chi connectivity index (χ4n) is 1.78. The molecular weight excluding hydrogens is 346 g/mol. The van der Waals surface area contributed by atoms with Crippen molar-refractivity contribution in [2.75, 3.05) is 13.2 Å². The zero-order chi connectivity index (χ0) is 19.3. The van der Waals surface area contributed by atoms with E-state index in [-0.39, 0.29) is 18.0 Å². The highest BCUT2D eigenvalue weighted by Gasteiger charge is 2.20. The van der Waals surface area contributed by atoms with E-state index in [4.69, 9.17) is 9.47 Å². The maximum absolute atomic E-state index is 12.1. The van der Waals surface area contributed by atoms with Gasteiger partial charge in [0.05, 0.1) is 16.7 Å². The van der Waals surface area contributed by atoms with Crippen molar-refractivity contribution in [1.82, 2.24) is 5.32 Å². The van der Waals surface area contributed by atoms with Gasteiger partial charge in [-0.15, -0.1) is 0 Å². The minimum Gasteiger partial charge on any atom is -0.491 e. The molecule has 0 aromatic heterocycles. The third-order valence-electron chi connectivity index (χ3n) is 3.08. The van der Waals surface area contributed by atoms with Crippen LogP contribution in [0.3, 0.4) is 0 Å². The zero-order valence-corrected chi connectivity index (χ0v) is 16.1. The minimum atomic E-state index is -3.39. The first kappa shape index (κ1) is 21.2. The van der Waals surface area contributed by atoms with Crippen LogP contribution < -0.4 is 10.1 Å². The predicted molar refractivity (Wildman–Crippen MR) is 94.5 cm³/mol. The van der Waals surface area contributed by atoms with E-state index in [0.29, 0.717) is 5.75 Å². The molecule has 0 bridgehead atoms. The van der Waals surface area contributed by atoms with E-state index in [1.54, 1.807) is 46.8 Å². The van der Waals surface area contributed by atoms with Crippen LogP contribution in [0.2, 0.25) is 0 Å². The molecule has 2 N–H and O–H groups in total. The number of benzene rings is 1. The van der Waals surface area contributed by atoms with Crippen molar-refractivity contribution in [3.63, 3.8) is 0 Å². The van der Waals surface area contributed by atoms with Crippen molar-refractivity contribution in [3.8, 4) is 5.75 Å². The van der Waals surface area contributed by atoms with Crippen LogP contribution in [0.4, 0.5) is 4.79 Å². The number of hydrogen-bond acceptors (Lipinski definition) is 6. The van der Waals surface area contributed by atoms with Gasteiger partial charge in [0.2, 0.25) is 0 Å². The molecule has 0 aliphatic rings. The van der Waals surface area contributed by atoms with Crippen LogP contribution in [0.15, 0.2) is 29.2 Å². The first-order valence-electron chi connectivity index (χ1n) is 8.03. The Morgan fingerprint density at radius 2 is 1.92 bits per heavy atom. The van der Waals surface area contributed by atoms with Gasteiger partial charge in [-0.3, -0.25) is 0 Å². The second-order valence-corrected chi connectivity index (χ2v) is 9.42. The molecule has 0 saturated carbocycles. The number of ether oxygens (including phenoxy) is 2. The van der Waals surface area contributed by atoms with Crippen molar-refractivity contribution in [1.29, 1.82) is 0 Å². The van der Waals surface area contributed by atoms with E-state index in [9.17, 15) is 18.3 Å². The summed E-state index contributed by atoms with van der Waals surface area (Å²) in [5, 5.41) is 11.8. The van der Waals surface area contributed by atoms with E-state index in [1.807, 2.05) is 0 Å². The minimum absolute atomic E-state index is 0.0428. The van der Waals surface area contributed by atoms with Crippen molar-refractivity contribution in [2.45, 2.75) is 56.5 Å². The number of nitrogens with one attached hydrogen (secondary N) is 1. The summed E-state index contributed by atoms with van der Waals surface area (Å²) in [5.41, 5.74) is -0.617. The molecule has 25 heavy (non-hydrogen) atoms. The van der Waals surface area contributed by atoms with Crippen molar-refractivity contribution in [3.05, 3.63) is 24.3 Å². The molecule has 1 amide bonds. The fraction of sp³-hybridized carbons (Fsp3) is 0.588. The Labute approximate surface area is 149 Å². The number of amides is 1. The summed E-state index contributed by atoms with van der Waals surface area (Å²) >= 11 is 0. The quantitative estimate of drug-likeness (QED) is 0.759. The van der Waals surface area contributed by atoms with Gasteiger partial charge in [0.15, 0.2) is 9.84 Å². The van der Waals surface area contributed by atoms with Crippen LogP contribution in [0, 0.1) is 0 Å². The van der Waals surface area contributed by atoms with E-state index in [2.05, 4.69) is 5.32 Å². The van der Waals surface area contributed by atoms with Crippen LogP contribution in [0.25, 0.3) is 0 Å². The Morgan fingerprint density at radius 3 is 2.48 bits per heavy atom. The molecular formula is C17H27NO6S. The fourth-order valence-corrected chi connectivity index (χ4v) is 2.87. The molecule has 0 fully saturated rings. The molecule has 1 unspecified atom stereocenters. The van der Waals surface area contributed by atoms with E-state index in [1.165, 1.54) is 12.1 Å². The van der Waals surface area contributed by atoms with Crippen molar-refractivity contribution in [2.24, 2.45) is 0 Å². The molecule has 0 radical (unpaired) electrons. The van der Waals surface area contributed by atoms with Gasteiger partial charge < -0.3 is 19.9 Å². The predicted octanol–water partition coefficient (Wildman–Crippen LogP) is 2.13. The molecule has 1 rings (SSSR count). The van der Waals surface area contributed by atoms with Gasteiger partial charge in [0.25, 0.3) is 0 Å². The van der Waals surface area contributed by atoms with E-state index >= 15 is 0 Å². The van der Waals surface area contributed by atoms with Gasteiger partial charge in [-0.1, -0.05) is 6.07 Å². The second-order valence-electron chi connectivity index (χ2n) is 6.92. The monoisotopic (exact) mass is 373 g/mol. The summed E-state index contributed by atoms with van der Waals surface area (Å²) in [4.78, 5) is 11.7. The van der Waals surface area contributed by atoms with Crippen LogP contribution in [0.1, 0.15) is 34.6 Å². The lowest BCUT2D eigenvalue weighted by molar-refractivity contribution is 0.0463. The van der Waals surface area contributed by atoms with Gasteiger partial charge in [-0.25, -0.2) is 13.2 Å². The normalized spacial score (nSPS) is 13.4. The van der Waals surface area contributed by atoms with Crippen molar-refractivity contribution >= 4 is 15.9 Å². The highest BCUT2D eigenvalue weighted by atomic mass is 32.2. The SMILES string of the molecule is CC(C)S(=O)(=O)c1cccc(OCC(O)CNC(=O)OC(C)(C)C)c1. The van der Waals surface area contributed by atoms with E-state index in [0.717, 1.165) is 0 Å². The number of aliphatic hydroxyl groups excluding tert-OH is 1. The lowest BCUT2D eigenvalue weighted by atomic mass is 10.2. The first-order chi connectivity index (χ1) is 11.4. The molecule has 142 valence electrons. The number of aliphatic hydroxyl groups is 1. The molecule has 0 heterocycles. The molecule has 0 aliphatic carbocycles. The Kier molecular flexibility index (Phi) is 7.25. The molecule has 8 heteroatoms. The summed E-state index contributed by atoms with van der Waals surface area (Å²) in [5.74, 6) is 0.332. The summed E-state index contributed by atoms with van der Waals surface area (Å²) < 4.78 is 34.8. The van der Waals surface area contributed by atoms with Crippen LogP contribution in [-0.2, 0) is 14.6 Å². The summed E-state index contributed by atoms with van der Waals surface area (Å²) in [6.07, 6.45) is -1.59. The smallest absolute Gasteiger partial charge is 0.407 e. The Morgan fingerprint density at radius 1 is 1.28 bits per heavy atom. The zero-order valence-electron chi connectivity index (χ0n) is 15.3. The highest BCUT2D eigenvalue weighted by molar-refractivity contribution is 7.92. The lowest BCUT2D eigenvalue weighted by Crippen LogP contribution is -2.38. The topological polar surface area (TPSA) is 102 Å². The molecule has 1 aromatic carbocycles. The third-order valence-corrected chi connectivity index (χ3v) is 5.23. The lowest BCUT2D eigenvalue weighted by Gasteiger charge is -2.20. The third kappa shape index (κ3) is 7.31. The average Bonchev–Trinajstić information content (AvgIpc) is 2.49. The standard InChI is InChI=1S/C17H27NO6S/c1-12(2)25(21,22)15-8-6-7-14(9-15)23-11-13(19)10-18-16(20)24-17(3,4)5/h6-9,12-13,19H,10-11H2,1-5H3,(H,18,20). The summed E-state index contributed by atoms with van der Waals surface area (Å²) in [7, 11) is -3.39. The van der Waals surface area contributed by atoms with Gasteiger partial charge in [-0.2, -0.15) is 0 Å². The maximum Gasteiger partial charge on any atom is 0.407 e. The molecule has 1 aromatic rings. The molecule has 0 aliphatic heterocycles. The summed E-state index contributed by atoms with van der Waals surface area (Å²) in [6, 6.07) is 6.11. The molecule has 0 saturated heterocycles. The van der Waals surface area contributed by atoms with E-state index < -0.39 is 32.9 Å².